The largest absolute Gasteiger partial charge is 0.497 e. The number of nitrogens with one attached hydrogen (secondary N) is 2. The summed E-state index contributed by atoms with van der Waals surface area (Å²) in [5.74, 6) is 1.27. The highest BCUT2D eigenvalue weighted by molar-refractivity contribution is 5.93. The first-order valence-corrected chi connectivity index (χ1v) is 9.50. The number of hydrogen-bond donors (Lipinski definition) is 2. The molecule has 1 saturated heterocycles. The van der Waals surface area contributed by atoms with E-state index in [2.05, 4.69) is 26.5 Å². The van der Waals surface area contributed by atoms with Crippen LogP contribution in [0.1, 0.15) is 34.9 Å². The van der Waals surface area contributed by atoms with Crippen molar-refractivity contribution >= 4 is 5.91 Å². The van der Waals surface area contributed by atoms with Crippen molar-refractivity contribution in [1.29, 1.82) is 0 Å². The number of H-pyrrole nitrogens is 1. The third kappa shape index (κ3) is 3.94. The minimum Gasteiger partial charge on any atom is -0.497 e. The maximum absolute atomic E-state index is 12.6. The van der Waals surface area contributed by atoms with Gasteiger partial charge in [-0.3, -0.25) is 14.8 Å². The van der Waals surface area contributed by atoms with Crippen LogP contribution in [0.3, 0.4) is 0 Å². The molecule has 4 rings (SSSR count). The molecule has 0 aliphatic carbocycles. The van der Waals surface area contributed by atoms with Crippen molar-refractivity contribution in [2.75, 3.05) is 26.7 Å². The maximum Gasteiger partial charge on any atom is 0.271 e. The molecular formula is C21H24N4O3. The van der Waals surface area contributed by atoms with Crippen molar-refractivity contribution < 1.29 is 13.9 Å². The Hall–Kier alpha value is -3.06. The lowest BCUT2D eigenvalue weighted by atomic mass is 10.0. The van der Waals surface area contributed by atoms with E-state index in [-0.39, 0.29) is 11.9 Å². The van der Waals surface area contributed by atoms with Crippen molar-refractivity contribution in [1.82, 2.24) is 20.4 Å². The van der Waals surface area contributed by atoms with Crippen molar-refractivity contribution in [3.63, 3.8) is 0 Å². The van der Waals surface area contributed by atoms with Crippen molar-refractivity contribution in [3.8, 4) is 17.2 Å². The van der Waals surface area contributed by atoms with Crippen LogP contribution in [-0.2, 0) is 0 Å². The van der Waals surface area contributed by atoms with E-state index < -0.39 is 0 Å². The number of aromatic nitrogens is 2. The van der Waals surface area contributed by atoms with Crippen molar-refractivity contribution in [3.05, 3.63) is 60.0 Å². The topological polar surface area (TPSA) is 83.4 Å². The molecule has 1 fully saturated rings. The first kappa shape index (κ1) is 18.3. The van der Waals surface area contributed by atoms with Gasteiger partial charge in [-0.2, -0.15) is 5.10 Å². The Morgan fingerprint density at radius 3 is 2.89 bits per heavy atom. The molecule has 1 atom stereocenters. The number of benzene rings is 1. The average molecular weight is 380 g/mol. The molecule has 2 N–H and O–H groups in total. The second-order valence-corrected chi connectivity index (χ2v) is 6.89. The number of hydrogen-bond acceptors (Lipinski definition) is 5. The zero-order valence-electron chi connectivity index (χ0n) is 15.9. The molecule has 146 valence electrons. The molecule has 7 nitrogen and oxygen atoms in total. The van der Waals surface area contributed by atoms with Gasteiger partial charge in [0.2, 0.25) is 0 Å². The van der Waals surface area contributed by atoms with E-state index in [4.69, 9.17) is 9.15 Å². The second-order valence-electron chi connectivity index (χ2n) is 6.89. The van der Waals surface area contributed by atoms with Crippen LogP contribution in [0.25, 0.3) is 11.5 Å². The molecule has 1 unspecified atom stereocenters. The summed E-state index contributed by atoms with van der Waals surface area (Å²) in [6, 6.07) is 13.5. The van der Waals surface area contributed by atoms with Gasteiger partial charge in [-0.05, 0) is 55.8 Å². The van der Waals surface area contributed by atoms with E-state index in [0.717, 1.165) is 24.4 Å². The summed E-state index contributed by atoms with van der Waals surface area (Å²) in [5, 5.41) is 10.0. The Bertz CT molecular complexity index is 913. The predicted molar refractivity (Wildman–Crippen MR) is 105 cm³/mol. The number of likely N-dealkylation sites (tertiary alicyclic amines) is 1. The molecule has 1 aromatic carbocycles. The minimum absolute atomic E-state index is 0.102. The molecule has 0 bridgehead atoms. The number of amides is 1. The van der Waals surface area contributed by atoms with Crippen LogP contribution in [0, 0.1) is 0 Å². The third-order valence-corrected chi connectivity index (χ3v) is 5.11. The lowest BCUT2D eigenvalue weighted by Crippen LogP contribution is -2.37. The van der Waals surface area contributed by atoms with Crippen LogP contribution in [0.15, 0.2) is 53.1 Å². The Balaban J connectivity index is 1.47. The lowest BCUT2D eigenvalue weighted by Gasteiger charge is -2.28. The summed E-state index contributed by atoms with van der Waals surface area (Å²) >= 11 is 0. The molecule has 2 aromatic heterocycles. The third-order valence-electron chi connectivity index (χ3n) is 5.11. The van der Waals surface area contributed by atoms with Crippen LogP contribution >= 0.6 is 0 Å². The lowest BCUT2D eigenvalue weighted by molar-refractivity contribution is 0.0933. The van der Waals surface area contributed by atoms with E-state index in [1.165, 1.54) is 12.8 Å². The quantitative estimate of drug-likeness (QED) is 0.657. The Morgan fingerprint density at radius 1 is 1.29 bits per heavy atom. The highest BCUT2D eigenvalue weighted by Gasteiger charge is 2.25. The smallest absolute Gasteiger partial charge is 0.271 e. The van der Waals surface area contributed by atoms with Gasteiger partial charge in [0.1, 0.15) is 11.4 Å². The van der Waals surface area contributed by atoms with Gasteiger partial charge in [-0.1, -0.05) is 12.1 Å². The van der Waals surface area contributed by atoms with Gasteiger partial charge in [0.25, 0.3) is 5.91 Å². The first-order chi connectivity index (χ1) is 13.7. The highest BCUT2D eigenvalue weighted by Crippen LogP contribution is 2.27. The number of carbonyl (C=O) groups is 1. The number of carbonyl (C=O) groups excluding carboxylic acids is 1. The fraction of sp³-hybridized carbons (Fsp3) is 0.333. The van der Waals surface area contributed by atoms with E-state index in [1.54, 1.807) is 25.5 Å². The predicted octanol–water partition coefficient (Wildman–Crippen LogP) is 3.25. The zero-order chi connectivity index (χ0) is 19.3. The Morgan fingerprint density at radius 2 is 2.14 bits per heavy atom. The van der Waals surface area contributed by atoms with Crippen LogP contribution in [-0.4, -0.2) is 47.7 Å². The SMILES string of the molecule is COc1cccc(C(CNC(=O)c2cc(-c3ccco3)[nH]n2)N2CCCC2)c1. The summed E-state index contributed by atoms with van der Waals surface area (Å²) in [4.78, 5) is 15.0. The summed E-state index contributed by atoms with van der Waals surface area (Å²) < 4.78 is 10.7. The Labute approximate surface area is 163 Å². The molecule has 3 heterocycles. The van der Waals surface area contributed by atoms with Gasteiger partial charge in [-0.15, -0.1) is 0 Å². The number of furan rings is 1. The molecule has 0 saturated carbocycles. The van der Waals surface area contributed by atoms with Gasteiger partial charge in [0.15, 0.2) is 11.5 Å². The van der Waals surface area contributed by atoms with Gasteiger partial charge in [-0.25, -0.2) is 0 Å². The van der Waals surface area contributed by atoms with Gasteiger partial charge >= 0.3 is 0 Å². The van der Waals surface area contributed by atoms with E-state index >= 15 is 0 Å². The second kappa shape index (κ2) is 8.31. The van der Waals surface area contributed by atoms with Gasteiger partial charge in [0.05, 0.1) is 19.4 Å². The molecule has 1 aliphatic heterocycles. The number of methoxy groups -OCH3 is 1. The molecule has 7 heteroatoms. The maximum atomic E-state index is 12.6. The summed E-state index contributed by atoms with van der Waals surface area (Å²) in [7, 11) is 1.67. The molecule has 1 aliphatic rings. The van der Waals surface area contributed by atoms with Crippen molar-refractivity contribution in [2.24, 2.45) is 0 Å². The average Bonchev–Trinajstić information content (AvgIpc) is 3.50. The fourth-order valence-corrected chi connectivity index (χ4v) is 3.64. The minimum atomic E-state index is -0.207. The normalized spacial score (nSPS) is 15.5. The summed E-state index contributed by atoms with van der Waals surface area (Å²) in [6.45, 7) is 2.57. The highest BCUT2D eigenvalue weighted by atomic mass is 16.5. The van der Waals surface area contributed by atoms with Gasteiger partial charge in [0, 0.05) is 12.6 Å². The van der Waals surface area contributed by atoms with Crippen LogP contribution < -0.4 is 10.1 Å². The van der Waals surface area contributed by atoms with Crippen LogP contribution in [0.4, 0.5) is 0 Å². The Kier molecular flexibility index (Phi) is 5.43. The molecule has 28 heavy (non-hydrogen) atoms. The number of ether oxygens (including phenoxy) is 1. The van der Waals surface area contributed by atoms with E-state index in [9.17, 15) is 4.79 Å². The molecule has 0 spiro atoms. The first-order valence-electron chi connectivity index (χ1n) is 9.50. The molecule has 3 aromatic rings. The fourth-order valence-electron chi connectivity index (χ4n) is 3.64. The van der Waals surface area contributed by atoms with Gasteiger partial charge < -0.3 is 14.5 Å². The zero-order valence-corrected chi connectivity index (χ0v) is 15.9. The number of aromatic amines is 1. The number of nitrogens with zero attached hydrogens (tertiary/aromatic N) is 2. The number of rotatable bonds is 7. The van der Waals surface area contributed by atoms with E-state index in [0.29, 0.717) is 23.7 Å². The molecule has 1 amide bonds. The van der Waals surface area contributed by atoms with Crippen molar-refractivity contribution in [2.45, 2.75) is 18.9 Å². The summed E-state index contributed by atoms with van der Waals surface area (Å²) in [5.41, 5.74) is 2.16. The molecular weight excluding hydrogens is 356 g/mol. The van der Waals surface area contributed by atoms with Crippen LogP contribution in [0.5, 0.6) is 5.75 Å². The van der Waals surface area contributed by atoms with Crippen LogP contribution in [0.2, 0.25) is 0 Å². The summed E-state index contributed by atoms with van der Waals surface area (Å²) in [6.07, 6.45) is 3.95. The molecule has 0 radical (unpaired) electrons. The van der Waals surface area contributed by atoms with E-state index in [1.807, 2.05) is 24.3 Å². The monoisotopic (exact) mass is 380 g/mol. The standard InChI is InChI=1S/C21H24N4O3/c1-27-16-7-4-6-15(12-16)19(25-9-2-3-10-25)14-22-21(26)18-13-17(23-24-18)20-8-5-11-28-20/h4-8,11-13,19H,2-3,9-10,14H2,1H3,(H,22,26)(H,23,24).